The molecule has 4 nitrogen and oxygen atoms in total. The fourth-order valence-electron chi connectivity index (χ4n) is 3.37. The molecule has 4 heteroatoms. The highest BCUT2D eigenvalue weighted by atomic mass is 15.1. The van der Waals surface area contributed by atoms with Crippen molar-refractivity contribution in [2.75, 3.05) is 19.0 Å². The summed E-state index contributed by atoms with van der Waals surface area (Å²) in [6.07, 6.45) is 0. The van der Waals surface area contributed by atoms with Gasteiger partial charge >= 0.3 is 0 Å². The first-order valence-corrected chi connectivity index (χ1v) is 8.87. The molecule has 0 spiro atoms. The first-order chi connectivity index (χ1) is 12.7. The summed E-state index contributed by atoms with van der Waals surface area (Å²) in [6, 6.07) is 22.9. The highest BCUT2D eigenvalue weighted by Crippen LogP contribution is 2.32. The predicted octanol–water partition coefficient (Wildman–Crippen LogP) is 6.30. The topological polar surface area (TPSA) is 32.9 Å². The van der Waals surface area contributed by atoms with Crippen LogP contribution in [0.25, 0.3) is 21.8 Å². The lowest BCUT2D eigenvalue weighted by atomic mass is 10.1. The Morgan fingerprint density at radius 2 is 1.42 bits per heavy atom. The van der Waals surface area contributed by atoms with Crippen LogP contribution >= 0.6 is 0 Å². The average Bonchev–Trinajstić information content (AvgIpc) is 2.99. The summed E-state index contributed by atoms with van der Waals surface area (Å²) in [7, 11) is 4.05. The molecule has 0 aliphatic carbocycles. The van der Waals surface area contributed by atoms with E-state index in [2.05, 4.69) is 63.0 Å². The lowest BCUT2D eigenvalue weighted by Gasteiger charge is -2.11. The summed E-state index contributed by atoms with van der Waals surface area (Å²) < 4.78 is 2.33. The molecular weight excluding hydrogens is 320 g/mol. The number of anilines is 1. The second-order valence-electron chi connectivity index (χ2n) is 6.57. The number of nitrogens with zero attached hydrogens (tertiary/aromatic N) is 4. The summed E-state index contributed by atoms with van der Waals surface area (Å²) in [5, 5.41) is 11.4. The third-order valence-corrected chi connectivity index (χ3v) is 4.72. The maximum Gasteiger partial charge on any atom is 0.0878 e. The summed E-state index contributed by atoms with van der Waals surface area (Å²) in [5.74, 6) is 0. The Morgan fingerprint density at radius 1 is 0.769 bits per heavy atom. The van der Waals surface area contributed by atoms with Crippen molar-refractivity contribution in [3.8, 4) is 0 Å². The zero-order chi connectivity index (χ0) is 18.1. The van der Waals surface area contributed by atoms with Crippen LogP contribution in [-0.4, -0.2) is 18.7 Å². The summed E-state index contributed by atoms with van der Waals surface area (Å²) in [5.41, 5.74) is 5.34. The Morgan fingerprint density at radius 3 is 2.15 bits per heavy atom. The highest BCUT2D eigenvalue weighted by molar-refractivity contribution is 6.08. The fourth-order valence-corrected chi connectivity index (χ4v) is 3.37. The average molecular weight is 342 g/mol. The van der Waals surface area contributed by atoms with Crippen LogP contribution < -0.4 is 4.90 Å². The minimum atomic E-state index is 0.853. The van der Waals surface area contributed by atoms with E-state index in [1.54, 1.807) is 0 Å². The summed E-state index contributed by atoms with van der Waals surface area (Å²) >= 11 is 0. The van der Waals surface area contributed by atoms with Crippen LogP contribution in [0.1, 0.15) is 6.92 Å². The van der Waals surface area contributed by atoms with Gasteiger partial charge in [-0.15, -0.1) is 0 Å². The van der Waals surface area contributed by atoms with Gasteiger partial charge in [0.05, 0.1) is 16.9 Å². The molecule has 0 aliphatic rings. The molecule has 0 unspecified atom stereocenters. The lowest BCUT2D eigenvalue weighted by molar-refractivity contribution is 0.827. The number of azo groups is 1. The van der Waals surface area contributed by atoms with Gasteiger partial charge in [-0.05, 0) is 55.5 Å². The number of benzene rings is 3. The van der Waals surface area contributed by atoms with Crippen molar-refractivity contribution in [2.24, 2.45) is 10.2 Å². The van der Waals surface area contributed by atoms with Crippen molar-refractivity contribution in [3.05, 3.63) is 66.7 Å². The lowest BCUT2D eigenvalue weighted by Crippen LogP contribution is -2.07. The van der Waals surface area contributed by atoms with Gasteiger partial charge in [0.2, 0.25) is 0 Å². The van der Waals surface area contributed by atoms with Crippen molar-refractivity contribution in [2.45, 2.75) is 13.5 Å². The highest BCUT2D eigenvalue weighted by Gasteiger charge is 2.09. The third kappa shape index (κ3) is 2.84. The Kier molecular flexibility index (Phi) is 4.17. The molecule has 4 rings (SSSR count). The molecule has 0 bridgehead atoms. The number of rotatable bonds is 4. The van der Waals surface area contributed by atoms with E-state index in [0.29, 0.717) is 0 Å². The molecule has 0 saturated heterocycles. The minimum absolute atomic E-state index is 0.853. The molecule has 0 N–H and O–H groups in total. The fraction of sp³-hybridized carbons (Fsp3) is 0.182. The van der Waals surface area contributed by atoms with Gasteiger partial charge in [-0.2, -0.15) is 10.2 Å². The van der Waals surface area contributed by atoms with Crippen molar-refractivity contribution >= 4 is 38.9 Å². The van der Waals surface area contributed by atoms with Crippen LogP contribution in [0.3, 0.4) is 0 Å². The molecule has 1 heterocycles. The van der Waals surface area contributed by atoms with Gasteiger partial charge in [0.1, 0.15) is 0 Å². The second-order valence-corrected chi connectivity index (χ2v) is 6.57. The molecule has 3 aromatic carbocycles. The predicted molar refractivity (Wildman–Crippen MR) is 110 cm³/mol. The first kappa shape index (κ1) is 16.3. The minimum Gasteiger partial charge on any atom is -0.378 e. The number of fused-ring (bicyclic) bond motifs is 3. The molecule has 0 aliphatic heterocycles. The second kappa shape index (κ2) is 6.64. The van der Waals surface area contributed by atoms with E-state index in [4.69, 9.17) is 0 Å². The molecular formula is C22H22N4. The number of para-hydroxylation sites is 1. The first-order valence-electron chi connectivity index (χ1n) is 8.87. The zero-order valence-electron chi connectivity index (χ0n) is 15.3. The molecule has 130 valence electrons. The van der Waals surface area contributed by atoms with Crippen LogP contribution in [-0.2, 0) is 6.54 Å². The van der Waals surface area contributed by atoms with Gasteiger partial charge in [-0.1, -0.05) is 18.2 Å². The van der Waals surface area contributed by atoms with Crippen LogP contribution in [0.4, 0.5) is 17.1 Å². The Hall–Kier alpha value is -3.14. The monoisotopic (exact) mass is 342 g/mol. The van der Waals surface area contributed by atoms with Crippen molar-refractivity contribution < 1.29 is 0 Å². The van der Waals surface area contributed by atoms with Crippen LogP contribution in [0.2, 0.25) is 0 Å². The number of hydrogen-bond donors (Lipinski definition) is 0. The molecule has 0 radical (unpaired) electrons. The number of aromatic nitrogens is 1. The molecule has 1 aromatic heterocycles. The van der Waals surface area contributed by atoms with Crippen LogP contribution in [0, 0.1) is 0 Å². The van der Waals surface area contributed by atoms with Gasteiger partial charge in [0.25, 0.3) is 0 Å². The van der Waals surface area contributed by atoms with Crippen LogP contribution in [0.5, 0.6) is 0 Å². The van der Waals surface area contributed by atoms with Crippen molar-refractivity contribution in [1.82, 2.24) is 4.57 Å². The Labute approximate surface area is 153 Å². The van der Waals surface area contributed by atoms with Crippen molar-refractivity contribution in [3.63, 3.8) is 0 Å². The molecule has 4 aromatic rings. The maximum atomic E-state index is 4.44. The number of hydrogen-bond acceptors (Lipinski definition) is 3. The van der Waals surface area contributed by atoms with Gasteiger partial charge in [-0.3, -0.25) is 0 Å². The van der Waals surface area contributed by atoms with Gasteiger partial charge in [0, 0.05) is 42.6 Å². The molecule has 26 heavy (non-hydrogen) atoms. The van der Waals surface area contributed by atoms with E-state index in [0.717, 1.165) is 23.6 Å². The van der Waals surface area contributed by atoms with Gasteiger partial charge < -0.3 is 9.47 Å². The van der Waals surface area contributed by atoms with Crippen molar-refractivity contribution in [1.29, 1.82) is 0 Å². The molecule has 0 fully saturated rings. The summed E-state index contributed by atoms with van der Waals surface area (Å²) in [6.45, 7) is 3.10. The van der Waals surface area contributed by atoms with E-state index in [1.807, 2.05) is 44.4 Å². The Bertz CT molecular complexity index is 1090. The normalized spacial score (nSPS) is 11.7. The Balaban J connectivity index is 1.72. The SMILES string of the molecule is CCn1c2ccccc2c2ccc(N=Nc3ccc(N(C)C)cc3)cc21. The van der Waals surface area contributed by atoms with E-state index in [9.17, 15) is 0 Å². The van der Waals surface area contributed by atoms with E-state index in [1.165, 1.54) is 21.8 Å². The quantitative estimate of drug-likeness (QED) is 0.401. The van der Waals surface area contributed by atoms with E-state index < -0.39 is 0 Å². The van der Waals surface area contributed by atoms with E-state index >= 15 is 0 Å². The molecule has 0 amide bonds. The number of aryl methyl sites for hydroxylation is 1. The van der Waals surface area contributed by atoms with E-state index in [-0.39, 0.29) is 0 Å². The smallest absolute Gasteiger partial charge is 0.0878 e. The largest absolute Gasteiger partial charge is 0.378 e. The molecule has 0 atom stereocenters. The van der Waals surface area contributed by atoms with Crippen LogP contribution in [0.15, 0.2) is 77.0 Å². The van der Waals surface area contributed by atoms with Gasteiger partial charge in [-0.25, -0.2) is 0 Å². The summed E-state index contributed by atoms with van der Waals surface area (Å²) in [4.78, 5) is 2.07. The van der Waals surface area contributed by atoms with Gasteiger partial charge in [0.15, 0.2) is 0 Å². The zero-order valence-corrected chi connectivity index (χ0v) is 15.3. The molecule has 0 saturated carbocycles. The standard InChI is InChI=1S/C22H22N4/c1-4-26-21-8-6-5-7-19(21)20-14-11-17(15-22(20)26)24-23-16-9-12-18(13-10-16)25(2)3/h5-15H,4H2,1-3H3. The third-order valence-electron chi connectivity index (χ3n) is 4.72. The maximum absolute atomic E-state index is 4.44.